The van der Waals surface area contributed by atoms with E-state index >= 15 is 0 Å². The van der Waals surface area contributed by atoms with Gasteiger partial charge >= 0.3 is 6.18 Å². The maximum atomic E-state index is 13.4. The first-order valence-corrected chi connectivity index (χ1v) is 10.8. The predicted molar refractivity (Wildman–Crippen MR) is 121 cm³/mol. The first-order valence-electron chi connectivity index (χ1n) is 10.4. The lowest BCUT2D eigenvalue weighted by atomic mass is 10.1. The summed E-state index contributed by atoms with van der Waals surface area (Å²) in [6.07, 6.45) is -5.22. The number of amidine groups is 1. The van der Waals surface area contributed by atoms with Crippen molar-refractivity contribution in [2.75, 3.05) is 24.8 Å². The molecule has 2 aromatic heterocycles. The van der Waals surface area contributed by atoms with Gasteiger partial charge in [-0.25, -0.2) is 9.99 Å². The van der Waals surface area contributed by atoms with Gasteiger partial charge < -0.3 is 19.5 Å². The van der Waals surface area contributed by atoms with Gasteiger partial charge in [-0.05, 0) is 38.3 Å². The summed E-state index contributed by atoms with van der Waals surface area (Å²) in [7, 11) is 0. The van der Waals surface area contributed by atoms with Crippen LogP contribution in [0.4, 0.5) is 18.9 Å². The molecule has 3 aromatic rings. The number of pyridine rings is 1. The minimum Gasteiger partial charge on any atom is -0.480 e. The molecule has 0 amide bonds. The van der Waals surface area contributed by atoms with Crippen LogP contribution in [0.1, 0.15) is 19.5 Å². The number of ether oxygens (including phenoxy) is 2. The van der Waals surface area contributed by atoms with E-state index in [4.69, 9.17) is 21.1 Å². The Hall–Kier alpha value is -3.25. The van der Waals surface area contributed by atoms with Crippen LogP contribution in [0.3, 0.4) is 0 Å². The van der Waals surface area contributed by atoms with Gasteiger partial charge in [0.15, 0.2) is 22.8 Å². The number of hydrogen-bond donors (Lipinski definition) is 2. The second-order valence-electron chi connectivity index (χ2n) is 7.60. The third kappa shape index (κ3) is 4.55. The number of fused-ring (bicyclic) bond motifs is 1. The quantitative estimate of drug-likeness (QED) is 0.496. The lowest BCUT2D eigenvalue weighted by Crippen LogP contribution is -2.32. The summed E-state index contributed by atoms with van der Waals surface area (Å²) in [6.45, 7) is 5.18. The van der Waals surface area contributed by atoms with Crippen molar-refractivity contribution in [1.82, 2.24) is 20.1 Å². The smallest absolute Gasteiger partial charge is 0.425 e. The number of nitrogens with zero attached hydrogens (tertiary/aromatic N) is 5. The Labute approximate surface area is 197 Å². The molecule has 0 aliphatic carbocycles. The highest BCUT2D eigenvalue weighted by atomic mass is 35.5. The molecule has 34 heavy (non-hydrogen) atoms. The molecule has 0 bridgehead atoms. The van der Waals surface area contributed by atoms with Crippen LogP contribution >= 0.6 is 11.6 Å². The average Bonchev–Trinajstić information content (AvgIpc) is 3.36. The van der Waals surface area contributed by atoms with Crippen molar-refractivity contribution in [3.05, 3.63) is 35.2 Å². The number of rotatable bonds is 7. The van der Waals surface area contributed by atoms with Crippen molar-refractivity contribution in [2.45, 2.75) is 33.1 Å². The minimum atomic E-state index is -4.59. The second-order valence-corrected chi connectivity index (χ2v) is 7.96. The lowest BCUT2D eigenvalue weighted by Gasteiger charge is -2.23. The maximum absolute atomic E-state index is 13.4. The number of likely N-dealkylation sites (N-methyl/N-ethyl adjacent to an activating group) is 1. The van der Waals surface area contributed by atoms with E-state index in [1.54, 1.807) is 24.1 Å². The van der Waals surface area contributed by atoms with Gasteiger partial charge in [0.05, 0.1) is 16.8 Å². The summed E-state index contributed by atoms with van der Waals surface area (Å²) in [5, 5.41) is 22.9. The monoisotopic (exact) mass is 498 g/mol. The summed E-state index contributed by atoms with van der Waals surface area (Å²) < 4.78 is 51.4. The van der Waals surface area contributed by atoms with Gasteiger partial charge in [0, 0.05) is 18.8 Å². The van der Waals surface area contributed by atoms with Crippen LogP contribution < -0.4 is 14.5 Å². The molecular weight excluding hydrogens is 477 g/mol. The molecule has 0 radical (unpaired) electrons. The van der Waals surface area contributed by atoms with Crippen LogP contribution in [0, 0.1) is 6.92 Å². The van der Waals surface area contributed by atoms with Gasteiger partial charge in [-0.15, -0.1) is 0 Å². The molecule has 0 saturated heterocycles. The highest BCUT2D eigenvalue weighted by molar-refractivity contribution is 6.31. The molecule has 1 unspecified atom stereocenters. The number of hydrazone groups is 1. The van der Waals surface area contributed by atoms with E-state index < -0.39 is 12.3 Å². The summed E-state index contributed by atoms with van der Waals surface area (Å²) in [4.78, 5) is 6.05. The number of anilines is 1. The van der Waals surface area contributed by atoms with Crippen molar-refractivity contribution in [2.24, 2.45) is 5.10 Å². The fourth-order valence-corrected chi connectivity index (χ4v) is 3.67. The Morgan fingerprint density at radius 1 is 1.32 bits per heavy atom. The summed E-state index contributed by atoms with van der Waals surface area (Å²) >= 11 is 6.07. The zero-order chi connectivity index (χ0) is 24.6. The third-order valence-electron chi connectivity index (χ3n) is 5.32. The molecule has 1 aliphatic rings. The normalized spacial score (nSPS) is 15.1. The molecule has 4 rings (SSSR count). The lowest BCUT2D eigenvalue weighted by molar-refractivity contribution is -0.189. The number of aliphatic hydroxyl groups excluding tert-OH is 1. The van der Waals surface area contributed by atoms with E-state index in [2.05, 4.69) is 20.3 Å². The molecule has 0 spiro atoms. The Bertz CT molecular complexity index is 1210. The maximum Gasteiger partial charge on any atom is 0.425 e. The topological polar surface area (TPSA) is 99.1 Å². The summed E-state index contributed by atoms with van der Waals surface area (Å²) in [5.41, 5.74) is 1.00. The van der Waals surface area contributed by atoms with E-state index in [1.807, 2.05) is 11.8 Å². The van der Waals surface area contributed by atoms with E-state index in [0.29, 0.717) is 35.8 Å². The number of aryl methyl sites for hydroxylation is 1. The highest BCUT2D eigenvalue weighted by Gasteiger charge is 2.38. The van der Waals surface area contributed by atoms with Crippen LogP contribution in [0.25, 0.3) is 10.8 Å². The highest BCUT2D eigenvalue weighted by Crippen LogP contribution is 2.41. The molecule has 1 aliphatic heterocycles. The number of H-pyrrole nitrogens is 1. The van der Waals surface area contributed by atoms with Crippen molar-refractivity contribution < 1.29 is 27.8 Å². The van der Waals surface area contributed by atoms with Crippen molar-refractivity contribution in [1.29, 1.82) is 0 Å². The van der Waals surface area contributed by atoms with Crippen LogP contribution in [-0.2, 0) is 0 Å². The van der Waals surface area contributed by atoms with Crippen molar-refractivity contribution in [3.8, 4) is 17.4 Å². The van der Waals surface area contributed by atoms with Gasteiger partial charge in [0.2, 0.25) is 5.88 Å². The Kier molecular flexibility index (Phi) is 6.45. The zero-order valence-corrected chi connectivity index (χ0v) is 19.3. The molecule has 0 fully saturated rings. The van der Waals surface area contributed by atoms with Gasteiger partial charge in [-0.3, -0.25) is 5.10 Å². The number of benzene rings is 1. The molecule has 182 valence electrons. The summed E-state index contributed by atoms with van der Waals surface area (Å²) in [6, 6.07) is 4.81. The summed E-state index contributed by atoms with van der Waals surface area (Å²) in [5.74, 6) is 0.581. The average molecular weight is 499 g/mol. The van der Waals surface area contributed by atoms with Gasteiger partial charge in [0.25, 0.3) is 0 Å². The van der Waals surface area contributed by atoms with Crippen LogP contribution in [-0.4, -0.2) is 63.1 Å². The van der Waals surface area contributed by atoms with Gasteiger partial charge in [-0.1, -0.05) is 11.6 Å². The third-order valence-corrected chi connectivity index (χ3v) is 5.57. The first-order chi connectivity index (χ1) is 16.1. The number of aromatic amines is 1. The molecular formula is C21H22ClF3N6O3. The SMILES string of the molecule is CCN1CN(c2cc(OC(C)C(F)(F)F)c3c(Oc4c(Cl)n[nH]c4C)nccc3c2)N=C1CO. The molecule has 1 aromatic carbocycles. The van der Waals surface area contributed by atoms with E-state index in [9.17, 15) is 18.3 Å². The number of nitrogens with one attached hydrogen (secondary N) is 1. The van der Waals surface area contributed by atoms with Crippen molar-refractivity contribution >= 4 is 33.9 Å². The number of aliphatic hydroxyl groups is 1. The van der Waals surface area contributed by atoms with Crippen LogP contribution in [0.2, 0.25) is 5.15 Å². The minimum absolute atomic E-state index is 0.0102. The Balaban J connectivity index is 1.84. The fourth-order valence-electron chi connectivity index (χ4n) is 3.44. The standard InChI is InChI=1S/C21H22ClF3N6O3/c1-4-30-10-31(29-16(30)9-32)14-7-13-5-6-26-20(34-18-11(2)27-28-19(18)22)17(13)15(8-14)33-12(3)21(23,24)25/h5-8,12,32H,4,9-10H2,1-3H3,(H,27,28). The largest absolute Gasteiger partial charge is 0.480 e. The van der Waals surface area contributed by atoms with Crippen molar-refractivity contribution in [3.63, 3.8) is 0 Å². The Morgan fingerprint density at radius 2 is 2.09 bits per heavy atom. The Morgan fingerprint density at radius 3 is 2.68 bits per heavy atom. The fraction of sp³-hybridized carbons (Fsp3) is 0.381. The van der Waals surface area contributed by atoms with E-state index in [-0.39, 0.29) is 34.5 Å². The molecule has 9 nitrogen and oxygen atoms in total. The number of aromatic nitrogens is 3. The number of halogens is 4. The first kappa shape index (κ1) is 23.9. The molecule has 2 N–H and O–H groups in total. The van der Waals surface area contributed by atoms with Crippen LogP contribution in [0.15, 0.2) is 29.5 Å². The van der Waals surface area contributed by atoms with E-state index in [1.165, 1.54) is 12.3 Å². The zero-order valence-electron chi connectivity index (χ0n) is 18.5. The van der Waals surface area contributed by atoms with Crippen LogP contribution in [0.5, 0.6) is 17.4 Å². The predicted octanol–water partition coefficient (Wildman–Crippen LogP) is 4.45. The van der Waals surface area contributed by atoms with E-state index in [0.717, 1.165) is 6.92 Å². The van der Waals surface area contributed by atoms with Gasteiger partial charge in [-0.2, -0.15) is 23.4 Å². The molecule has 13 heteroatoms. The number of alkyl halides is 3. The number of hydrogen-bond acceptors (Lipinski definition) is 8. The molecule has 3 heterocycles. The molecule has 1 atom stereocenters. The molecule has 0 saturated carbocycles. The van der Waals surface area contributed by atoms with Gasteiger partial charge in [0.1, 0.15) is 19.0 Å². The second kappa shape index (κ2) is 9.18.